The van der Waals surface area contributed by atoms with Gasteiger partial charge in [0.25, 0.3) is 5.56 Å². The lowest BCUT2D eigenvalue weighted by atomic mass is 10.3. The highest BCUT2D eigenvalue weighted by Crippen LogP contribution is 2.16. The third-order valence-electron chi connectivity index (χ3n) is 3.50. The molecule has 0 bridgehead atoms. The van der Waals surface area contributed by atoms with Gasteiger partial charge >= 0.3 is 0 Å². The molecular weight excluding hydrogens is 290 g/mol. The number of aromatic nitrogens is 2. The highest BCUT2D eigenvalue weighted by molar-refractivity contribution is 5.47. The van der Waals surface area contributed by atoms with Crippen LogP contribution in [0.2, 0.25) is 0 Å². The number of rotatable bonds is 5. The normalized spacial score (nSPS) is 10.7. The predicted molar refractivity (Wildman–Crippen MR) is 91.1 cm³/mol. The summed E-state index contributed by atoms with van der Waals surface area (Å²) in [6, 6.07) is 13.1. The molecule has 0 fully saturated rings. The minimum Gasteiger partial charge on any atom is -0.494 e. The topological polar surface area (TPSA) is 55.6 Å². The maximum atomic E-state index is 12.2. The van der Waals surface area contributed by atoms with Crippen molar-refractivity contribution in [2.75, 3.05) is 11.9 Å². The first-order valence-corrected chi connectivity index (χ1v) is 7.61. The Labute approximate surface area is 134 Å². The fourth-order valence-electron chi connectivity index (χ4n) is 2.38. The van der Waals surface area contributed by atoms with E-state index in [9.17, 15) is 4.79 Å². The molecule has 0 aliphatic carbocycles. The number of nitrogens with one attached hydrogen (secondary N) is 1. The first-order valence-electron chi connectivity index (χ1n) is 7.61. The average molecular weight is 309 g/mol. The number of nitrogens with zero attached hydrogens (tertiary/aromatic N) is 2. The van der Waals surface area contributed by atoms with Crippen molar-refractivity contribution in [1.29, 1.82) is 0 Å². The Morgan fingerprint density at radius 1 is 1.17 bits per heavy atom. The summed E-state index contributed by atoms with van der Waals surface area (Å²) in [5, 5.41) is 3.27. The molecule has 2 aromatic heterocycles. The van der Waals surface area contributed by atoms with Crippen molar-refractivity contribution in [3.8, 4) is 5.75 Å². The molecule has 23 heavy (non-hydrogen) atoms. The zero-order chi connectivity index (χ0) is 16.2. The molecular formula is C18H19N3O2. The van der Waals surface area contributed by atoms with Crippen molar-refractivity contribution in [3.63, 3.8) is 0 Å². The summed E-state index contributed by atoms with van der Waals surface area (Å²) in [4.78, 5) is 16.7. The molecule has 0 radical (unpaired) electrons. The fraction of sp³-hybridized carbons (Fsp3) is 0.222. The Kier molecular flexibility index (Phi) is 4.28. The number of fused-ring (bicyclic) bond motifs is 1. The van der Waals surface area contributed by atoms with Crippen LogP contribution >= 0.6 is 0 Å². The molecule has 0 saturated heterocycles. The summed E-state index contributed by atoms with van der Waals surface area (Å²) in [7, 11) is 0. The monoisotopic (exact) mass is 309 g/mol. The van der Waals surface area contributed by atoms with Gasteiger partial charge in [-0.15, -0.1) is 0 Å². The maximum absolute atomic E-state index is 12.2. The lowest BCUT2D eigenvalue weighted by molar-refractivity contribution is 0.340. The number of ether oxygens (including phenoxy) is 1. The number of hydrogen-bond donors (Lipinski definition) is 1. The molecule has 2 heterocycles. The molecule has 1 aromatic carbocycles. The van der Waals surface area contributed by atoms with E-state index >= 15 is 0 Å². The highest BCUT2D eigenvalue weighted by atomic mass is 16.5. The van der Waals surface area contributed by atoms with Crippen molar-refractivity contribution >= 4 is 11.3 Å². The van der Waals surface area contributed by atoms with Crippen LogP contribution in [0.3, 0.4) is 0 Å². The van der Waals surface area contributed by atoms with Gasteiger partial charge in [-0.05, 0) is 49.7 Å². The Morgan fingerprint density at radius 2 is 1.96 bits per heavy atom. The van der Waals surface area contributed by atoms with E-state index in [0.29, 0.717) is 24.5 Å². The van der Waals surface area contributed by atoms with E-state index in [-0.39, 0.29) is 5.56 Å². The highest BCUT2D eigenvalue weighted by Gasteiger charge is 2.03. The number of hydrogen-bond acceptors (Lipinski definition) is 4. The number of benzene rings is 1. The van der Waals surface area contributed by atoms with Crippen LogP contribution in [0.4, 0.5) is 5.69 Å². The van der Waals surface area contributed by atoms with Crippen LogP contribution in [0.15, 0.2) is 53.5 Å². The van der Waals surface area contributed by atoms with Crippen LogP contribution in [0, 0.1) is 6.92 Å². The Hall–Kier alpha value is -2.82. The van der Waals surface area contributed by atoms with Gasteiger partial charge in [0.2, 0.25) is 0 Å². The molecule has 1 N–H and O–H groups in total. The predicted octanol–water partition coefficient (Wildman–Crippen LogP) is 3.01. The van der Waals surface area contributed by atoms with Crippen LogP contribution in [0.1, 0.15) is 18.2 Å². The third kappa shape index (κ3) is 3.51. The zero-order valence-electron chi connectivity index (χ0n) is 13.2. The minimum atomic E-state index is -0.0674. The molecule has 0 saturated carbocycles. The Morgan fingerprint density at radius 3 is 2.70 bits per heavy atom. The average Bonchev–Trinajstić information content (AvgIpc) is 2.55. The van der Waals surface area contributed by atoms with E-state index < -0.39 is 0 Å². The van der Waals surface area contributed by atoms with Crippen molar-refractivity contribution in [2.45, 2.75) is 20.4 Å². The van der Waals surface area contributed by atoms with E-state index in [4.69, 9.17) is 4.74 Å². The van der Waals surface area contributed by atoms with Gasteiger partial charge in [-0.1, -0.05) is 6.07 Å². The molecule has 0 spiro atoms. The number of pyridine rings is 1. The van der Waals surface area contributed by atoms with Crippen LogP contribution in [0.5, 0.6) is 5.75 Å². The van der Waals surface area contributed by atoms with Crippen molar-refractivity contribution < 1.29 is 4.74 Å². The van der Waals surface area contributed by atoms with Crippen LogP contribution < -0.4 is 15.6 Å². The molecule has 0 aliphatic heterocycles. The lowest BCUT2D eigenvalue weighted by Gasteiger charge is -2.09. The molecule has 5 heteroatoms. The van der Waals surface area contributed by atoms with Gasteiger partial charge in [0.1, 0.15) is 11.4 Å². The molecule has 3 rings (SSSR count). The summed E-state index contributed by atoms with van der Waals surface area (Å²) in [5.41, 5.74) is 3.29. The summed E-state index contributed by atoms with van der Waals surface area (Å²) in [6.07, 6.45) is 1.80. The van der Waals surface area contributed by atoms with E-state index in [2.05, 4.69) is 10.3 Å². The van der Waals surface area contributed by atoms with Gasteiger partial charge in [-0.2, -0.15) is 0 Å². The summed E-state index contributed by atoms with van der Waals surface area (Å²) in [5.74, 6) is 0.843. The van der Waals surface area contributed by atoms with E-state index in [1.165, 1.54) is 0 Å². The second-order valence-corrected chi connectivity index (χ2v) is 5.33. The summed E-state index contributed by atoms with van der Waals surface area (Å²) < 4.78 is 6.98. The van der Waals surface area contributed by atoms with E-state index in [0.717, 1.165) is 17.0 Å². The number of aryl methyl sites for hydroxylation is 1. The Bertz CT molecular complexity index is 870. The van der Waals surface area contributed by atoms with Crippen molar-refractivity contribution in [3.05, 3.63) is 70.3 Å². The lowest BCUT2D eigenvalue weighted by Crippen LogP contribution is -2.17. The van der Waals surface area contributed by atoms with Crippen molar-refractivity contribution in [2.24, 2.45) is 0 Å². The minimum absolute atomic E-state index is 0.0674. The van der Waals surface area contributed by atoms with Gasteiger partial charge in [-0.3, -0.25) is 9.20 Å². The van der Waals surface area contributed by atoms with E-state index in [1.807, 2.05) is 50.2 Å². The van der Waals surface area contributed by atoms with Gasteiger partial charge in [0, 0.05) is 18.0 Å². The van der Waals surface area contributed by atoms with Crippen molar-refractivity contribution in [1.82, 2.24) is 9.38 Å². The summed E-state index contributed by atoms with van der Waals surface area (Å²) >= 11 is 0. The SMILES string of the molecule is CCOc1ccc(NCc2cc(=O)n3cc(C)ccc3n2)cc1. The van der Waals surface area contributed by atoms with E-state index in [1.54, 1.807) is 16.7 Å². The Balaban J connectivity index is 1.76. The first-order chi connectivity index (χ1) is 11.2. The maximum Gasteiger partial charge on any atom is 0.258 e. The third-order valence-corrected chi connectivity index (χ3v) is 3.50. The fourth-order valence-corrected chi connectivity index (χ4v) is 2.38. The quantitative estimate of drug-likeness (QED) is 0.787. The zero-order valence-corrected chi connectivity index (χ0v) is 13.2. The standard InChI is InChI=1S/C18H19N3O2/c1-3-23-16-7-5-14(6-8-16)19-11-15-10-18(22)21-12-13(2)4-9-17(21)20-15/h4-10,12,19H,3,11H2,1-2H3. The van der Waals surface area contributed by atoms with Gasteiger partial charge in [0.15, 0.2) is 0 Å². The largest absolute Gasteiger partial charge is 0.494 e. The summed E-state index contributed by atoms with van der Waals surface area (Å²) in [6.45, 7) is 5.05. The first kappa shape index (κ1) is 15.1. The van der Waals surface area contributed by atoms with Crippen LogP contribution in [-0.2, 0) is 6.54 Å². The van der Waals surface area contributed by atoms with Gasteiger partial charge in [-0.25, -0.2) is 4.98 Å². The second-order valence-electron chi connectivity index (χ2n) is 5.33. The molecule has 118 valence electrons. The van der Waals surface area contributed by atoms with Crippen LogP contribution in [-0.4, -0.2) is 16.0 Å². The second kappa shape index (κ2) is 6.52. The molecule has 3 aromatic rings. The van der Waals surface area contributed by atoms with Gasteiger partial charge < -0.3 is 10.1 Å². The molecule has 0 aliphatic rings. The molecule has 0 amide bonds. The molecule has 5 nitrogen and oxygen atoms in total. The smallest absolute Gasteiger partial charge is 0.258 e. The van der Waals surface area contributed by atoms with Crippen LogP contribution in [0.25, 0.3) is 5.65 Å². The molecule has 0 unspecified atom stereocenters. The number of anilines is 1. The molecule has 0 atom stereocenters. The van der Waals surface area contributed by atoms with Gasteiger partial charge in [0.05, 0.1) is 18.8 Å².